The van der Waals surface area contributed by atoms with E-state index in [4.69, 9.17) is 4.74 Å². The molecule has 0 atom stereocenters. The normalized spacial score (nSPS) is 15.5. The Morgan fingerprint density at radius 2 is 1.96 bits per heavy atom. The van der Waals surface area contributed by atoms with E-state index in [0.717, 1.165) is 19.6 Å². The molecule has 25 heavy (non-hydrogen) atoms. The van der Waals surface area contributed by atoms with Gasteiger partial charge in [-0.05, 0) is 50.3 Å². The lowest BCUT2D eigenvalue weighted by Gasteiger charge is -2.22. The highest BCUT2D eigenvalue weighted by Crippen LogP contribution is 2.20. The van der Waals surface area contributed by atoms with Crippen LogP contribution in [-0.2, 0) is 16.1 Å². The number of rotatable bonds is 10. The van der Waals surface area contributed by atoms with Gasteiger partial charge in [0, 0.05) is 24.6 Å². The van der Waals surface area contributed by atoms with Crippen LogP contribution in [0.15, 0.2) is 29.2 Å². The van der Waals surface area contributed by atoms with E-state index in [9.17, 15) is 4.79 Å². The molecule has 0 radical (unpaired) electrons. The minimum atomic E-state index is 0.0842. The minimum absolute atomic E-state index is 0.0842. The van der Waals surface area contributed by atoms with Gasteiger partial charge in [0.1, 0.15) is 0 Å². The fourth-order valence-electron chi connectivity index (χ4n) is 3.18. The fourth-order valence-corrected chi connectivity index (χ4v) is 3.59. The van der Waals surface area contributed by atoms with Gasteiger partial charge in [0.2, 0.25) is 5.91 Å². The molecule has 1 amide bonds. The van der Waals surface area contributed by atoms with Crippen LogP contribution in [0.2, 0.25) is 0 Å². The van der Waals surface area contributed by atoms with Crippen LogP contribution in [0.5, 0.6) is 0 Å². The number of hydrogen-bond donors (Lipinski definition) is 1. The van der Waals surface area contributed by atoms with Crippen molar-refractivity contribution in [1.29, 1.82) is 0 Å². The summed E-state index contributed by atoms with van der Waals surface area (Å²) < 4.78 is 5.88. The summed E-state index contributed by atoms with van der Waals surface area (Å²) in [6.45, 7) is 2.66. The molecule has 0 aliphatic heterocycles. The SMILES string of the molecule is CSc1ccc(CN(C)CC(=O)NCCCOC2CCCCC2)cc1. The standard InChI is InChI=1S/C20H32N2O2S/c1-22(15-17-9-11-19(25-2)12-10-17)16-20(23)21-13-6-14-24-18-7-4-3-5-8-18/h9-12,18H,3-8,13-16H2,1-2H3,(H,21,23). The van der Waals surface area contributed by atoms with Crippen molar-refractivity contribution in [2.24, 2.45) is 0 Å². The molecule has 1 aliphatic carbocycles. The highest BCUT2D eigenvalue weighted by molar-refractivity contribution is 7.98. The molecule has 0 spiro atoms. The van der Waals surface area contributed by atoms with Crippen LogP contribution in [0.25, 0.3) is 0 Å². The number of carbonyl (C=O) groups is 1. The summed E-state index contributed by atoms with van der Waals surface area (Å²) in [5, 5.41) is 2.99. The first kappa shape index (κ1) is 20.3. The number of benzene rings is 1. The Hall–Kier alpha value is -1.04. The molecule has 1 fully saturated rings. The van der Waals surface area contributed by atoms with Gasteiger partial charge >= 0.3 is 0 Å². The van der Waals surface area contributed by atoms with Gasteiger partial charge in [0.15, 0.2) is 0 Å². The second-order valence-electron chi connectivity index (χ2n) is 6.85. The number of ether oxygens (including phenoxy) is 1. The van der Waals surface area contributed by atoms with Crippen LogP contribution in [0.1, 0.15) is 44.1 Å². The Kier molecular flexibility index (Phi) is 9.37. The lowest BCUT2D eigenvalue weighted by Crippen LogP contribution is -2.35. The van der Waals surface area contributed by atoms with Gasteiger partial charge in [-0.15, -0.1) is 11.8 Å². The number of carbonyl (C=O) groups excluding carboxylic acids is 1. The summed E-state index contributed by atoms with van der Waals surface area (Å²) >= 11 is 1.74. The van der Waals surface area contributed by atoms with Crippen molar-refractivity contribution in [2.75, 3.05) is 33.0 Å². The van der Waals surface area contributed by atoms with Gasteiger partial charge in [0.05, 0.1) is 12.6 Å². The van der Waals surface area contributed by atoms with Crippen molar-refractivity contribution >= 4 is 17.7 Å². The summed E-state index contributed by atoms with van der Waals surface area (Å²) in [6, 6.07) is 8.51. The van der Waals surface area contributed by atoms with Gasteiger partial charge in [-0.3, -0.25) is 9.69 Å². The Morgan fingerprint density at radius 3 is 2.64 bits per heavy atom. The quantitative estimate of drug-likeness (QED) is 0.508. The van der Waals surface area contributed by atoms with E-state index in [0.29, 0.717) is 19.2 Å². The van der Waals surface area contributed by atoms with E-state index in [1.165, 1.54) is 42.6 Å². The number of amides is 1. The molecular weight excluding hydrogens is 332 g/mol. The zero-order valence-electron chi connectivity index (χ0n) is 15.6. The summed E-state index contributed by atoms with van der Waals surface area (Å²) in [5.41, 5.74) is 1.23. The predicted molar refractivity (Wildman–Crippen MR) is 105 cm³/mol. The Labute approximate surface area is 156 Å². The maximum absolute atomic E-state index is 12.0. The average molecular weight is 365 g/mol. The van der Waals surface area contributed by atoms with E-state index in [1.807, 2.05) is 11.9 Å². The summed E-state index contributed by atoms with van der Waals surface area (Å²) in [5.74, 6) is 0.0842. The third kappa shape index (κ3) is 8.25. The molecule has 140 valence electrons. The van der Waals surface area contributed by atoms with Gasteiger partial charge in [-0.1, -0.05) is 31.4 Å². The van der Waals surface area contributed by atoms with Gasteiger partial charge in [0.25, 0.3) is 0 Å². The van der Waals surface area contributed by atoms with Crippen LogP contribution in [0.4, 0.5) is 0 Å². The predicted octanol–water partition coefficient (Wildman–Crippen LogP) is 3.70. The average Bonchev–Trinajstić information content (AvgIpc) is 2.63. The van der Waals surface area contributed by atoms with E-state index in [2.05, 4.69) is 35.8 Å². The number of likely N-dealkylation sites (N-methyl/N-ethyl adjacent to an activating group) is 1. The molecular formula is C20H32N2O2S. The number of nitrogens with one attached hydrogen (secondary N) is 1. The number of nitrogens with zero attached hydrogens (tertiary/aromatic N) is 1. The molecule has 2 rings (SSSR count). The van der Waals surface area contributed by atoms with Crippen LogP contribution < -0.4 is 5.32 Å². The molecule has 0 bridgehead atoms. The molecule has 0 unspecified atom stereocenters. The second kappa shape index (κ2) is 11.6. The number of hydrogen-bond acceptors (Lipinski definition) is 4. The first-order valence-electron chi connectivity index (χ1n) is 9.37. The molecule has 1 N–H and O–H groups in total. The molecule has 0 aromatic heterocycles. The molecule has 1 aliphatic rings. The van der Waals surface area contributed by atoms with E-state index in [-0.39, 0.29) is 5.91 Å². The smallest absolute Gasteiger partial charge is 0.234 e. The maximum atomic E-state index is 12.0. The maximum Gasteiger partial charge on any atom is 0.234 e. The van der Waals surface area contributed by atoms with Crippen molar-refractivity contribution in [3.8, 4) is 0 Å². The van der Waals surface area contributed by atoms with Crippen LogP contribution in [0, 0.1) is 0 Å². The van der Waals surface area contributed by atoms with Gasteiger partial charge in [-0.2, -0.15) is 0 Å². The minimum Gasteiger partial charge on any atom is -0.378 e. The van der Waals surface area contributed by atoms with Crippen molar-refractivity contribution in [2.45, 2.75) is 56.1 Å². The highest BCUT2D eigenvalue weighted by Gasteiger charge is 2.13. The van der Waals surface area contributed by atoms with E-state index in [1.54, 1.807) is 11.8 Å². The third-order valence-corrected chi connectivity index (χ3v) is 5.32. The second-order valence-corrected chi connectivity index (χ2v) is 7.73. The Morgan fingerprint density at radius 1 is 1.24 bits per heavy atom. The van der Waals surface area contributed by atoms with Crippen molar-refractivity contribution in [3.05, 3.63) is 29.8 Å². The van der Waals surface area contributed by atoms with Gasteiger partial charge < -0.3 is 10.1 Å². The zero-order valence-corrected chi connectivity index (χ0v) is 16.4. The zero-order chi connectivity index (χ0) is 17.9. The Balaban J connectivity index is 1.54. The van der Waals surface area contributed by atoms with Crippen molar-refractivity contribution in [3.63, 3.8) is 0 Å². The van der Waals surface area contributed by atoms with Crippen molar-refractivity contribution in [1.82, 2.24) is 10.2 Å². The lowest BCUT2D eigenvalue weighted by atomic mass is 9.98. The lowest BCUT2D eigenvalue weighted by molar-refractivity contribution is -0.122. The molecule has 1 aromatic carbocycles. The summed E-state index contributed by atoms with van der Waals surface area (Å²) in [7, 11) is 1.98. The molecule has 5 heteroatoms. The molecule has 0 heterocycles. The summed E-state index contributed by atoms with van der Waals surface area (Å²) in [4.78, 5) is 15.3. The van der Waals surface area contributed by atoms with Crippen LogP contribution >= 0.6 is 11.8 Å². The van der Waals surface area contributed by atoms with Crippen molar-refractivity contribution < 1.29 is 9.53 Å². The first-order valence-corrected chi connectivity index (χ1v) is 10.6. The van der Waals surface area contributed by atoms with Crippen LogP contribution in [-0.4, -0.2) is 49.9 Å². The Bertz CT molecular complexity index is 501. The topological polar surface area (TPSA) is 41.6 Å². The molecule has 1 saturated carbocycles. The molecule has 1 aromatic rings. The fraction of sp³-hybridized carbons (Fsp3) is 0.650. The largest absolute Gasteiger partial charge is 0.378 e. The van der Waals surface area contributed by atoms with Crippen LogP contribution in [0.3, 0.4) is 0 Å². The first-order chi connectivity index (χ1) is 12.2. The highest BCUT2D eigenvalue weighted by atomic mass is 32.2. The number of thioether (sulfide) groups is 1. The third-order valence-electron chi connectivity index (χ3n) is 4.57. The van der Waals surface area contributed by atoms with E-state index >= 15 is 0 Å². The monoisotopic (exact) mass is 364 g/mol. The van der Waals surface area contributed by atoms with E-state index < -0.39 is 0 Å². The molecule has 0 saturated heterocycles. The van der Waals surface area contributed by atoms with Gasteiger partial charge in [-0.25, -0.2) is 0 Å². The molecule has 4 nitrogen and oxygen atoms in total. The summed E-state index contributed by atoms with van der Waals surface area (Å²) in [6.07, 6.45) is 9.78.